The number of nitrogens with zero attached hydrogens (tertiary/aromatic N) is 1. The third kappa shape index (κ3) is 4.12. The van der Waals surface area contributed by atoms with Crippen LogP contribution in [-0.2, 0) is 9.63 Å². The number of para-hydroxylation sites is 1. The molecule has 27 heavy (non-hydrogen) atoms. The SMILES string of the molecule is COc1cccc2cc(C(=O)Nc3cccc(F)c3)/c(=N/OC(C)=O)oc12. The van der Waals surface area contributed by atoms with E-state index in [1.807, 2.05) is 0 Å². The Bertz CT molecular complexity index is 1090. The highest BCUT2D eigenvalue weighted by atomic mass is 19.1. The maximum Gasteiger partial charge on any atom is 0.332 e. The van der Waals surface area contributed by atoms with Crippen molar-refractivity contribution in [3.8, 4) is 5.75 Å². The minimum atomic E-state index is -0.679. The number of nitrogens with one attached hydrogen (secondary N) is 1. The zero-order chi connectivity index (χ0) is 19.4. The molecule has 0 aliphatic carbocycles. The van der Waals surface area contributed by atoms with Gasteiger partial charge in [0, 0.05) is 18.0 Å². The first kappa shape index (κ1) is 18.1. The lowest BCUT2D eigenvalue weighted by molar-refractivity contribution is -0.141. The van der Waals surface area contributed by atoms with Crippen molar-refractivity contribution in [3.05, 3.63) is 65.5 Å². The first-order valence-corrected chi connectivity index (χ1v) is 7.87. The molecule has 0 unspecified atom stereocenters. The smallest absolute Gasteiger partial charge is 0.332 e. The lowest BCUT2D eigenvalue weighted by Crippen LogP contribution is -2.22. The Hall–Kier alpha value is -3.68. The van der Waals surface area contributed by atoms with Gasteiger partial charge in [0.15, 0.2) is 11.3 Å². The number of halogens is 1. The quantitative estimate of drug-likeness (QED) is 0.563. The molecule has 1 heterocycles. The van der Waals surface area contributed by atoms with E-state index in [0.717, 1.165) is 6.92 Å². The van der Waals surface area contributed by atoms with E-state index in [0.29, 0.717) is 16.7 Å². The van der Waals surface area contributed by atoms with Crippen LogP contribution in [0.1, 0.15) is 17.3 Å². The summed E-state index contributed by atoms with van der Waals surface area (Å²) >= 11 is 0. The van der Waals surface area contributed by atoms with Gasteiger partial charge >= 0.3 is 5.97 Å². The highest BCUT2D eigenvalue weighted by molar-refractivity contribution is 6.05. The summed E-state index contributed by atoms with van der Waals surface area (Å²) < 4.78 is 24.2. The van der Waals surface area contributed by atoms with E-state index in [9.17, 15) is 14.0 Å². The number of methoxy groups -OCH3 is 1. The van der Waals surface area contributed by atoms with Crippen molar-refractivity contribution >= 4 is 28.5 Å². The van der Waals surface area contributed by atoms with Crippen molar-refractivity contribution in [2.24, 2.45) is 5.16 Å². The number of amides is 1. The van der Waals surface area contributed by atoms with Crippen molar-refractivity contribution in [2.75, 3.05) is 12.4 Å². The van der Waals surface area contributed by atoms with E-state index in [1.54, 1.807) is 18.2 Å². The zero-order valence-electron chi connectivity index (χ0n) is 14.5. The number of carbonyl (C=O) groups excluding carboxylic acids is 2. The van der Waals surface area contributed by atoms with E-state index in [2.05, 4.69) is 15.3 Å². The molecule has 138 valence electrons. The molecular weight excluding hydrogens is 355 g/mol. The predicted molar refractivity (Wildman–Crippen MR) is 94.4 cm³/mol. The fourth-order valence-electron chi connectivity index (χ4n) is 2.39. The minimum Gasteiger partial charge on any atom is -0.493 e. The van der Waals surface area contributed by atoms with Crippen LogP contribution in [0.25, 0.3) is 11.0 Å². The van der Waals surface area contributed by atoms with E-state index in [1.165, 1.54) is 37.4 Å². The summed E-state index contributed by atoms with van der Waals surface area (Å²) in [6.07, 6.45) is 0. The van der Waals surface area contributed by atoms with Gasteiger partial charge in [0.2, 0.25) is 0 Å². The third-order valence-corrected chi connectivity index (χ3v) is 3.54. The van der Waals surface area contributed by atoms with Crippen molar-refractivity contribution in [1.29, 1.82) is 0 Å². The van der Waals surface area contributed by atoms with Gasteiger partial charge in [-0.1, -0.05) is 18.2 Å². The molecule has 3 aromatic rings. The summed E-state index contributed by atoms with van der Waals surface area (Å²) in [5.41, 5.74) is 0.356. The van der Waals surface area contributed by atoms with Crippen LogP contribution in [0.3, 0.4) is 0 Å². The van der Waals surface area contributed by atoms with E-state index in [4.69, 9.17) is 9.15 Å². The largest absolute Gasteiger partial charge is 0.493 e. The lowest BCUT2D eigenvalue weighted by Gasteiger charge is -2.08. The van der Waals surface area contributed by atoms with Crippen LogP contribution in [0.2, 0.25) is 0 Å². The number of anilines is 1. The Morgan fingerprint density at radius 1 is 1.15 bits per heavy atom. The second-order valence-corrected chi connectivity index (χ2v) is 5.48. The molecule has 8 heteroatoms. The predicted octanol–water partition coefficient (Wildman–Crippen LogP) is 3.21. The summed E-state index contributed by atoms with van der Waals surface area (Å²) in [5.74, 6) is -1.36. The van der Waals surface area contributed by atoms with Gasteiger partial charge in [-0.05, 0) is 35.5 Å². The number of fused-ring (bicyclic) bond motifs is 1. The average molecular weight is 370 g/mol. The number of rotatable bonds is 4. The van der Waals surface area contributed by atoms with Crippen LogP contribution in [0.5, 0.6) is 5.75 Å². The molecule has 0 radical (unpaired) electrons. The maximum absolute atomic E-state index is 13.3. The molecule has 0 saturated heterocycles. The number of hydrogen-bond donors (Lipinski definition) is 1. The molecule has 0 atom stereocenters. The summed E-state index contributed by atoms with van der Waals surface area (Å²) in [5, 5.41) is 6.72. The molecule has 1 amide bonds. The number of ether oxygens (including phenoxy) is 1. The van der Waals surface area contributed by atoms with Crippen LogP contribution in [0.4, 0.5) is 10.1 Å². The Kier molecular flexibility index (Phi) is 5.16. The van der Waals surface area contributed by atoms with Crippen molar-refractivity contribution in [3.63, 3.8) is 0 Å². The van der Waals surface area contributed by atoms with Gasteiger partial charge in [0.05, 0.1) is 7.11 Å². The Balaban J connectivity index is 2.11. The van der Waals surface area contributed by atoms with Crippen LogP contribution < -0.4 is 15.6 Å². The van der Waals surface area contributed by atoms with Crippen LogP contribution in [0, 0.1) is 5.82 Å². The van der Waals surface area contributed by atoms with Crippen LogP contribution in [-0.4, -0.2) is 19.0 Å². The van der Waals surface area contributed by atoms with Gasteiger partial charge in [0.1, 0.15) is 11.4 Å². The van der Waals surface area contributed by atoms with Gasteiger partial charge in [-0.15, -0.1) is 0 Å². The molecule has 0 bridgehead atoms. The topological polar surface area (TPSA) is 90.1 Å². The molecule has 0 saturated carbocycles. The maximum atomic E-state index is 13.3. The molecule has 1 N–H and O–H groups in total. The zero-order valence-corrected chi connectivity index (χ0v) is 14.5. The van der Waals surface area contributed by atoms with E-state index >= 15 is 0 Å². The van der Waals surface area contributed by atoms with Crippen molar-refractivity contribution in [2.45, 2.75) is 6.92 Å². The van der Waals surface area contributed by atoms with Crippen LogP contribution >= 0.6 is 0 Å². The van der Waals surface area contributed by atoms with Gasteiger partial charge in [-0.25, -0.2) is 9.18 Å². The molecule has 0 fully saturated rings. The number of carbonyl (C=O) groups is 2. The van der Waals surface area contributed by atoms with Gasteiger partial charge < -0.3 is 19.3 Å². The monoisotopic (exact) mass is 370 g/mol. The summed E-state index contributed by atoms with van der Waals surface area (Å²) in [7, 11) is 1.47. The van der Waals surface area contributed by atoms with Gasteiger partial charge in [-0.3, -0.25) is 4.79 Å². The fourth-order valence-corrected chi connectivity index (χ4v) is 2.39. The standard InChI is InChI=1S/C19H15FN2O5/c1-11(23)27-22-19-15(18(24)21-14-7-4-6-13(20)10-14)9-12-5-3-8-16(25-2)17(12)26-19/h3-10H,1-2H3,(H,21,24)/b22-19-. The molecule has 0 aliphatic rings. The minimum absolute atomic E-state index is 0.00117. The number of hydrogen-bond acceptors (Lipinski definition) is 6. The Morgan fingerprint density at radius 3 is 2.63 bits per heavy atom. The fraction of sp³-hybridized carbons (Fsp3) is 0.105. The van der Waals surface area contributed by atoms with Gasteiger partial charge in [-0.2, -0.15) is 0 Å². The molecule has 3 rings (SSSR count). The lowest BCUT2D eigenvalue weighted by atomic mass is 10.1. The molecule has 1 aromatic heterocycles. The normalized spacial score (nSPS) is 11.3. The van der Waals surface area contributed by atoms with Crippen LogP contribution in [0.15, 0.2) is 58.1 Å². The first-order valence-electron chi connectivity index (χ1n) is 7.87. The summed E-state index contributed by atoms with van der Waals surface area (Å²) in [4.78, 5) is 28.4. The van der Waals surface area contributed by atoms with Gasteiger partial charge in [0.25, 0.3) is 11.5 Å². The highest BCUT2D eigenvalue weighted by Crippen LogP contribution is 2.24. The third-order valence-electron chi connectivity index (χ3n) is 3.54. The van der Waals surface area contributed by atoms with E-state index in [-0.39, 0.29) is 16.8 Å². The molecular formula is C19H15FN2O5. The average Bonchev–Trinajstić information content (AvgIpc) is 2.65. The molecule has 0 spiro atoms. The Morgan fingerprint density at radius 2 is 1.93 bits per heavy atom. The first-order chi connectivity index (χ1) is 13.0. The highest BCUT2D eigenvalue weighted by Gasteiger charge is 2.16. The summed E-state index contributed by atoms with van der Waals surface area (Å²) in [6, 6.07) is 12.1. The van der Waals surface area contributed by atoms with E-state index < -0.39 is 17.7 Å². The molecule has 7 nitrogen and oxygen atoms in total. The number of benzene rings is 2. The molecule has 2 aromatic carbocycles. The van der Waals surface area contributed by atoms with Crippen molar-refractivity contribution in [1.82, 2.24) is 0 Å². The second-order valence-electron chi connectivity index (χ2n) is 5.48. The summed E-state index contributed by atoms with van der Waals surface area (Å²) in [6.45, 7) is 1.16. The van der Waals surface area contributed by atoms with Crippen molar-refractivity contribution < 1.29 is 28.0 Å². The molecule has 0 aliphatic heterocycles. The second kappa shape index (κ2) is 7.69. The Labute approximate surface area is 153 Å².